The Bertz CT molecular complexity index is 1160. The number of ether oxygens (including phenoxy) is 2. The Kier molecular flexibility index (Phi) is 5.74. The minimum atomic E-state index is -0.484. The number of nitrogens with zero attached hydrogens (tertiary/aromatic N) is 3. The van der Waals surface area contributed by atoms with Crippen LogP contribution in [0.25, 0.3) is 5.65 Å². The molecule has 0 bridgehead atoms. The number of aromatic nitrogens is 3. The summed E-state index contributed by atoms with van der Waals surface area (Å²) in [6.45, 7) is 4.58. The quantitative estimate of drug-likeness (QED) is 0.437. The molecule has 1 aliphatic rings. The number of anilines is 3. The minimum Gasteiger partial charge on any atom is -0.486 e. The van der Waals surface area contributed by atoms with Crippen molar-refractivity contribution in [2.45, 2.75) is 13.8 Å². The molecule has 10 nitrogen and oxygen atoms in total. The standard InChI is InChI=1S/C21H25FN6O4/c1-21(2,11-29)10-24-20(30)13-9-25-28-17(23-3)8-16(27-19(13)28)26-14-6-12(22)7-15-18(14)32-5-4-31-15/h6-9,23,29H,4-5,10-11H2,1-3H3,(H,24,30)(H,26,27). The number of nitrogens with one attached hydrogen (secondary N) is 3. The minimum absolute atomic E-state index is 0.0675. The van der Waals surface area contributed by atoms with Gasteiger partial charge < -0.3 is 30.5 Å². The monoisotopic (exact) mass is 444 g/mol. The summed E-state index contributed by atoms with van der Waals surface area (Å²) in [5, 5.41) is 22.5. The van der Waals surface area contributed by atoms with Crippen LogP contribution in [0.1, 0.15) is 24.2 Å². The number of rotatable bonds is 7. The Morgan fingerprint density at radius 2 is 2.06 bits per heavy atom. The summed E-state index contributed by atoms with van der Waals surface area (Å²) in [5.41, 5.74) is 0.461. The smallest absolute Gasteiger partial charge is 0.256 e. The van der Waals surface area contributed by atoms with E-state index in [9.17, 15) is 14.3 Å². The Hall–Kier alpha value is -3.60. The zero-order valence-corrected chi connectivity index (χ0v) is 18.0. The Balaban J connectivity index is 1.69. The number of aliphatic hydroxyl groups excluding tert-OH is 1. The van der Waals surface area contributed by atoms with E-state index in [1.165, 1.54) is 22.8 Å². The third kappa shape index (κ3) is 4.24. The summed E-state index contributed by atoms with van der Waals surface area (Å²) in [6, 6.07) is 4.24. The fourth-order valence-corrected chi connectivity index (χ4v) is 3.19. The molecule has 0 fully saturated rings. The van der Waals surface area contributed by atoms with E-state index in [4.69, 9.17) is 9.47 Å². The van der Waals surface area contributed by atoms with E-state index in [0.29, 0.717) is 47.7 Å². The Labute approximate surface area is 183 Å². The average Bonchev–Trinajstić information content (AvgIpc) is 3.21. The second-order valence-corrected chi connectivity index (χ2v) is 8.18. The van der Waals surface area contributed by atoms with Gasteiger partial charge in [-0.25, -0.2) is 9.37 Å². The number of hydrogen-bond acceptors (Lipinski definition) is 8. The molecular formula is C21H25FN6O4. The molecule has 0 spiro atoms. The molecular weight excluding hydrogens is 419 g/mol. The number of aliphatic hydroxyl groups is 1. The second-order valence-electron chi connectivity index (χ2n) is 8.18. The van der Waals surface area contributed by atoms with E-state index >= 15 is 0 Å². The van der Waals surface area contributed by atoms with Crippen molar-refractivity contribution >= 4 is 28.9 Å². The SMILES string of the molecule is CNc1cc(Nc2cc(F)cc3c2OCCO3)nc2c(C(=O)NCC(C)(C)CO)cnn12. The van der Waals surface area contributed by atoms with Crippen LogP contribution in [0, 0.1) is 11.2 Å². The molecule has 0 saturated carbocycles. The van der Waals surface area contributed by atoms with Crippen molar-refractivity contribution in [3.63, 3.8) is 0 Å². The number of carbonyl (C=O) groups is 1. The highest BCUT2D eigenvalue weighted by molar-refractivity contribution is 6.00. The first-order valence-corrected chi connectivity index (χ1v) is 10.1. The van der Waals surface area contributed by atoms with Gasteiger partial charge in [-0.2, -0.15) is 9.61 Å². The maximum absolute atomic E-state index is 14.1. The highest BCUT2D eigenvalue weighted by atomic mass is 19.1. The normalized spacial score (nSPS) is 13.2. The molecule has 0 saturated heterocycles. The van der Waals surface area contributed by atoms with E-state index in [2.05, 4.69) is 26.0 Å². The van der Waals surface area contributed by atoms with E-state index in [1.54, 1.807) is 13.1 Å². The molecule has 32 heavy (non-hydrogen) atoms. The molecule has 3 aromatic rings. The molecule has 170 valence electrons. The summed E-state index contributed by atoms with van der Waals surface area (Å²) in [5.74, 6) is 0.770. The lowest BCUT2D eigenvalue weighted by Gasteiger charge is -2.22. The van der Waals surface area contributed by atoms with Gasteiger partial charge >= 0.3 is 0 Å². The number of hydrogen-bond donors (Lipinski definition) is 4. The van der Waals surface area contributed by atoms with Crippen LogP contribution < -0.4 is 25.4 Å². The van der Waals surface area contributed by atoms with Crippen molar-refractivity contribution in [3.05, 3.63) is 35.8 Å². The highest BCUT2D eigenvalue weighted by Crippen LogP contribution is 2.40. The first-order valence-electron chi connectivity index (χ1n) is 10.1. The molecule has 3 heterocycles. The van der Waals surface area contributed by atoms with E-state index in [0.717, 1.165) is 0 Å². The molecule has 2 aromatic heterocycles. The molecule has 0 aliphatic carbocycles. The second kappa shape index (κ2) is 8.50. The summed E-state index contributed by atoms with van der Waals surface area (Å²) in [4.78, 5) is 17.3. The predicted molar refractivity (Wildman–Crippen MR) is 116 cm³/mol. The van der Waals surface area contributed by atoms with Gasteiger partial charge in [-0.3, -0.25) is 4.79 Å². The lowest BCUT2D eigenvalue weighted by Crippen LogP contribution is -2.36. The van der Waals surface area contributed by atoms with Crippen LogP contribution in [-0.4, -0.2) is 59.0 Å². The summed E-state index contributed by atoms with van der Waals surface area (Å²) in [7, 11) is 1.71. The fourth-order valence-electron chi connectivity index (χ4n) is 3.19. The number of carbonyl (C=O) groups excluding carboxylic acids is 1. The topological polar surface area (TPSA) is 122 Å². The maximum atomic E-state index is 14.1. The lowest BCUT2D eigenvalue weighted by molar-refractivity contribution is 0.0912. The highest BCUT2D eigenvalue weighted by Gasteiger charge is 2.22. The van der Waals surface area contributed by atoms with Crippen molar-refractivity contribution in [1.82, 2.24) is 19.9 Å². The zero-order chi connectivity index (χ0) is 22.9. The third-order valence-corrected chi connectivity index (χ3v) is 5.00. The van der Waals surface area contributed by atoms with Gasteiger partial charge in [0.1, 0.15) is 36.2 Å². The third-order valence-electron chi connectivity index (χ3n) is 5.00. The van der Waals surface area contributed by atoms with Crippen molar-refractivity contribution in [1.29, 1.82) is 0 Å². The zero-order valence-electron chi connectivity index (χ0n) is 18.0. The van der Waals surface area contributed by atoms with Crippen LogP contribution in [0.3, 0.4) is 0 Å². The van der Waals surface area contributed by atoms with Gasteiger partial charge in [-0.15, -0.1) is 0 Å². The van der Waals surface area contributed by atoms with Crippen LogP contribution >= 0.6 is 0 Å². The van der Waals surface area contributed by atoms with Crippen LogP contribution in [0.5, 0.6) is 11.5 Å². The molecule has 4 N–H and O–H groups in total. The van der Waals surface area contributed by atoms with Crippen LogP contribution in [0.15, 0.2) is 24.4 Å². The fraction of sp³-hybridized carbons (Fsp3) is 0.381. The molecule has 1 aliphatic heterocycles. The number of benzene rings is 1. The Morgan fingerprint density at radius 1 is 1.28 bits per heavy atom. The van der Waals surface area contributed by atoms with E-state index in [-0.39, 0.29) is 24.6 Å². The lowest BCUT2D eigenvalue weighted by atomic mass is 9.95. The van der Waals surface area contributed by atoms with Gasteiger partial charge in [0.15, 0.2) is 17.1 Å². The van der Waals surface area contributed by atoms with Crippen molar-refractivity contribution < 1.29 is 23.8 Å². The first-order chi connectivity index (χ1) is 15.3. The summed E-state index contributed by atoms with van der Waals surface area (Å²) in [6.07, 6.45) is 1.43. The van der Waals surface area contributed by atoms with Gasteiger partial charge in [0.05, 0.1) is 11.9 Å². The van der Waals surface area contributed by atoms with Crippen LogP contribution in [0.2, 0.25) is 0 Å². The number of halogens is 1. The van der Waals surface area contributed by atoms with E-state index in [1.807, 2.05) is 13.8 Å². The summed E-state index contributed by atoms with van der Waals surface area (Å²) < 4.78 is 26.7. The van der Waals surface area contributed by atoms with Crippen molar-refractivity contribution in [2.24, 2.45) is 5.41 Å². The van der Waals surface area contributed by atoms with Gasteiger partial charge in [0.25, 0.3) is 5.91 Å². The van der Waals surface area contributed by atoms with Gasteiger partial charge in [-0.05, 0) is 0 Å². The first kappa shape index (κ1) is 21.6. The van der Waals surface area contributed by atoms with Gasteiger partial charge in [0.2, 0.25) is 0 Å². The van der Waals surface area contributed by atoms with Crippen LogP contribution in [-0.2, 0) is 0 Å². The molecule has 0 atom stereocenters. The largest absolute Gasteiger partial charge is 0.486 e. The number of fused-ring (bicyclic) bond motifs is 2. The average molecular weight is 444 g/mol. The van der Waals surface area contributed by atoms with Gasteiger partial charge in [-0.1, -0.05) is 13.8 Å². The number of amides is 1. The van der Waals surface area contributed by atoms with Gasteiger partial charge in [0, 0.05) is 43.8 Å². The molecule has 1 amide bonds. The molecule has 0 unspecified atom stereocenters. The maximum Gasteiger partial charge on any atom is 0.256 e. The molecule has 11 heteroatoms. The predicted octanol–water partition coefficient (Wildman–Crippen LogP) is 2.17. The van der Waals surface area contributed by atoms with E-state index < -0.39 is 11.2 Å². The van der Waals surface area contributed by atoms with Crippen LogP contribution in [0.4, 0.5) is 21.7 Å². The van der Waals surface area contributed by atoms with Crippen molar-refractivity contribution in [2.75, 3.05) is 44.0 Å². The Morgan fingerprint density at radius 3 is 2.81 bits per heavy atom. The molecule has 1 aromatic carbocycles. The molecule has 0 radical (unpaired) electrons. The molecule has 4 rings (SSSR count). The summed E-state index contributed by atoms with van der Waals surface area (Å²) >= 11 is 0. The van der Waals surface area contributed by atoms with Crippen molar-refractivity contribution in [3.8, 4) is 11.5 Å².